The number of hydrogen-bond acceptors (Lipinski definition) is 3. The lowest BCUT2D eigenvalue weighted by Crippen LogP contribution is -2.02. The van der Waals surface area contributed by atoms with Crippen molar-refractivity contribution in [3.05, 3.63) is 29.0 Å². The van der Waals surface area contributed by atoms with E-state index < -0.39 is 0 Å². The lowest BCUT2D eigenvalue weighted by Gasteiger charge is -2.11. The molecule has 0 N–H and O–H groups in total. The van der Waals surface area contributed by atoms with Crippen molar-refractivity contribution in [3.63, 3.8) is 0 Å². The summed E-state index contributed by atoms with van der Waals surface area (Å²) in [6.07, 6.45) is 4.43. The van der Waals surface area contributed by atoms with Crippen LogP contribution in [-0.2, 0) is 6.54 Å². The van der Waals surface area contributed by atoms with E-state index in [1.807, 2.05) is 18.2 Å². The molecule has 18 heavy (non-hydrogen) atoms. The third kappa shape index (κ3) is 2.14. The highest BCUT2D eigenvalue weighted by Gasteiger charge is 2.24. The van der Waals surface area contributed by atoms with E-state index in [0.717, 1.165) is 34.1 Å². The minimum Gasteiger partial charge on any atom is -0.495 e. The predicted molar refractivity (Wildman–Crippen MR) is 72.4 cm³/mol. The van der Waals surface area contributed by atoms with Gasteiger partial charge in [0.05, 0.1) is 17.1 Å². The number of methoxy groups -OCH3 is 1. The molecule has 0 atom stereocenters. The maximum absolute atomic E-state index is 5.45. The Bertz CT molecular complexity index is 563. The van der Waals surface area contributed by atoms with Crippen molar-refractivity contribution >= 4 is 15.9 Å². The van der Waals surface area contributed by atoms with Gasteiger partial charge in [0.2, 0.25) is 0 Å². The first-order valence-electron chi connectivity index (χ1n) is 6.00. The fraction of sp³-hybridized carbons (Fsp3) is 0.385. The maximum atomic E-state index is 5.45. The minimum atomic E-state index is 0.790. The quantitative estimate of drug-likeness (QED) is 0.871. The third-order valence-electron chi connectivity index (χ3n) is 3.18. The second-order valence-electron chi connectivity index (χ2n) is 4.57. The van der Waals surface area contributed by atoms with E-state index in [1.165, 1.54) is 12.8 Å². The number of hydrogen-bond donors (Lipinski definition) is 0. The van der Waals surface area contributed by atoms with Gasteiger partial charge >= 0.3 is 0 Å². The van der Waals surface area contributed by atoms with Crippen LogP contribution in [0, 0.1) is 5.92 Å². The molecule has 1 aliphatic carbocycles. The number of benzene rings is 1. The summed E-state index contributed by atoms with van der Waals surface area (Å²) in [6, 6.07) is 5.96. The molecule has 1 aliphatic rings. The van der Waals surface area contributed by atoms with Crippen LogP contribution in [0.1, 0.15) is 12.8 Å². The number of rotatable bonds is 4. The second-order valence-corrected chi connectivity index (χ2v) is 5.43. The van der Waals surface area contributed by atoms with Crippen molar-refractivity contribution in [2.45, 2.75) is 19.4 Å². The molecule has 1 saturated carbocycles. The van der Waals surface area contributed by atoms with E-state index in [2.05, 4.69) is 30.7 Å². The average molecular weight is 308 g/mol. The summed E-state index contributed by atoms with van der Waals surface area (Å²) in [4.78, 5) is 0. The summed E-state index contributed by atoms with van der Waals surface area (Å²) >= 11 is 3.50. The van der Waals surface area contributed by atoms with Crippen molar-refractivity contribution in [3.8, 4) is 17.1 Å². The molecule has 2 aromatic rings. The lowest BCUT2D eigenvalue weighted by molar-refractivity contribution is 0.413. The first-order valence-corrected chi connectivity index (χ1v) is 6.79. The molecule has 4 nitrogen and oxygen atoms in total. The Hall–Kier alpha value is -1.36. The summed E-state index contributed by atoms with van der Waals surface area (Å²) in [7, 11) is 1.67. The van der Waals surface area contributed by atoms with Crippen molar-refractivity contribution in [2.75, 3.05) is 7.11 Å². The summed E-state index contributed by atoms with van der Waals surface area (Å²) in [5.74, 6) is 2.47. The van der Waals surface area contributed by atoms with Crippen LogP contribution >= 0.6 is 15.9 Å². The molecule has 0 unspecified atom stereocenters. The Morgan fingerprint density at radius 1 is 1.44 bits per heavy atom. The molecule has 1 heterocycles. The fourth-order valence-corrected chi connectivity index (χ4v) is 2.60. The van der Waals surface area contributed by atoms with Crippen LogP contribution in [0.25, 0.3) is 11.4 Å². The van der Waals surface area contributed by atoms with Crippen molar-refractivity contribution in [2.24, 2.45) is 5.92 Å². The molecule has 0 aliphatic heterocycles. The van der Waals surface area contributed by atoms with Gasteiger partial charge in [-0.2, -0.15) is 0 Å². The zero-order chi connectivity index (χ0) is 12.5. The van der Waals surface area contributed by atoms with E-state index in [0.29, 0.717) is 0 Å². The minimum absolute atomic E-state index is 0.790. The predicted octanol–water partition coefficient (Wildman–Crippen LogP) is 3.13. The van der Waals surface area contributed by atoms with E-state index >= 15 is 0 Å². The Morgan fingerprint density at radius 3 is 3.00 bits per heavy atom. The monoisotopic (exact) mass is 307 g/mol. The van der Waals surface area contributed by atoms with Crippen molar-refractivity contribution in [1.82, 2.24) is 14.8 Å². The lowest BCUT2D eigenvalue weighted by atomic mass is 10.2. The normalized spacial score (nSPS) is 14.8. The van der Waals surface area contributed by atoms with Gasteiger partial charge in [0, 0.05) is 6.54 Å². The first kappa shape index (κ1) is 11.7. The van der Waals surface area contributed by atoms with E-state index in [9.17, 15) is 0 Å². The van der Waals surface area contributed by atoms with Crippen LogP contribution in [-0.4, -0.2) is 21.9 Å². The zero-order valence-electron chi connectivity index (χ0n) is 10.1. The average Bonchev–Trinajstić information content (AvgIpc) is 3.06. The van der Waals surface area contributed by atoms with Crippen LogP contribution in [0.15, 0.2) is 29.0 Å². The number of nitrogens with zero attached hydrogens (tertiary/aromatic N) is 3. The number of aromatic nitrogens is 3. The molecule has 0 bridgehead atoms. The molecule has 1 aromatic heterocycles. The van der Waals surface area contributed by atoms with Crippen molar-refractivity contribution in [1.29, 1.82) is 0 Å². The Morgan fingerprint density at radius 2 is 2.28 bits per heavy atom. The Balaban J connectivity index is 2.03. The van der Waals surface area contributed by atoms with Gasteiger partial charge in [-0.25, -0.2) is 0 Å². The van der Waals surface area contributed by atoms with Crippen LogP contribution in [0.2, 0.25) is 0 Å². The van der Waals surface area contributed by atoms with Crippen LogP contribution in [0.3, 0.4) is 0 Å². The molecule has 0 radical (unpaired) electrons. The van der Waals surface area contributed by atoms with E-state index in [1.54, 1.807) is 13.4 Å². The molecule has 1 fully saturated rings. The highest BCUT2D eigenvalue weighted by Crippen LogP contribution is 2.37. The SMILES string of the molecule is COc1c(Br)cccc1-c1nncn1CC1CC1. The second kappa shape index (κ2) is 4.72. The standard InChI is InChI=1S/C13H14BrN3O/c1-18-12-10(3-2-4-11(12)14)13-16-15-8-17(13)7-9-5-6-9/h2-4,8-9H,5-7H2,1H3. The number of ether oxygens (including phenoxy) is 1. The van der Waals surface area contributed by atoms with Crippen LogP contribution < -0.4 is 4.74 Å². The Kier molecular flexibility index (Phi) is 3.07. The van der Waals surface area contributed by atoms with Gasteiger partial charge in [-0.1, -0.05) is 6.07 Å². The number of para-hydroxylation sites is 1. The smallest absolute Gasteiger partial charge is 0.167 e. The van der Waals surface area contributed by atoms with Crippen LogP contribution in [0.5, 0.6) is 5.75 Å². The van der Waals surface area contributed by atoms with Gasteiger partial charge in [-0.15, -0.1) is 10.2 Å². The molecular weight excluding hydrogens is 294 g/mol. The van der Waals surface area contributed by atoms with Crippen molar-refractivity contribution < 1.29 is 4.74 Å². The molecular formula is C13H14BrN3O. The molecule has 3 rings (SSSR count). The molecule has 0 amide bonds. The third-order valence-corrected chi connectivity index (χ3v) is 3.80. The maximum Gasteiger partial charge on any atom is 0.167 e. The molecule has 5 heteroatoms. The van der Waals surface area contributed by atoms with E-state index in [4.69, 9.17) is 4.74 Å². The molecule has 94 valence electrons. The highest BCUT2D eigenvalue weighted by molar-refractivity contribution is 9.10. The van der Waals surface area contributed by atoms with Crippen LogP contribution in [0.4, 0.5) is 0 Å². The largest absolute Gasteiger partial charge is 0.495 e. The highest BCUT2D eigenvalue weighted by atomic mass is 79.9. The molecule has 1 aromatic carbocycles. The summed E-state index contributed by atoms with van der Waals surface area (Å²) in [5, 5.41) is 8.26. The fourth-order valence-electron chi connectivity index (χ4n) is 2.07. The van der Waals surface area contributed by atoms with E-state index in [-0.39, 0.29) is 0 Å². The topological polar surface area (TPSA) is 39.9 Å². The van der Waals surface area contributed by atoms with Gasteiger partial charge in [0.1, 0.15) is 12.1 Å². The summed E-state index contributed by atoms with van der Waals surface area (Å²) in [5.41, 5.74) is 0.977. The number of halogens is 1. The van der Waals surface area contributed by atoms with Gasteiger partial charge in [0.15, 0.2) is 5.82 Å². The van der Waals surface area contributed by atoms with Gasteiger partial charge < -0.3 is 9.30 Å². The van der Waals surface area contributed by atoms with Gasteiger partial charge in [-0.3, -0.25) is 0 Å². The van der Waals surface area contributed by atoms with Gasteiger partial charge in [-0.05, 0) is 46.8 Å². The summed E-state index contributed by atoms with van der Waals surface area (Å²) < 4.78 is 8.49. The Labute approximate surface area is 114 Å². The first-order chi connectivity index (χ1) is 8.79. The zero-order valence-corrected chi connectivity index (χ0v) is 11.7. The summed E-state index contributed by atoms with van der Waals surface area (Å²) in [6.45, 7) is 0.998. The molecule has 0 saturated heterocycles. The molecule has 0 spiro atoms. The van der Waals surface area contributed by atoms with Gasteiger partial charge in [0.25, 0.3) is 0 Å².